The van der Waals surface area contributed by atoms with E-state index in [1.165, 1.54) is 30.3 Å². The molecule has 1 aliphatic carbocycles. The van der Waals surface area contributed by atoms with Crippen LogP contribution in [0.3, 0.4) is 0 Å². The Kier molecular flexibility index (Phi) is 1.75. The molecule has 15 heavy (non-hydrogen) atoms. The summed E-state index contributed by atoms with van der Waals surface area (Å²) in [5.41, 5.74) is 9.03. The molecule has 78 valence electrons. The van der Waals surface area contributed by atoms with Crippen LogP contribution in [0.1, 0.15) is 30.9 Å². The van der Waals surface area contributed by atoms with E-state index in [9.17, 15) is 0 Å². The number of aromatic nitrogens is 2. The molecule has 1 aromatic heterocycles. The molecule has 3 rings (SSSR count). The third kappa shape index (κ3) is 1.16. The summed E-state index contributed by atoms with van der Waals surface area (Å²) < 4.78 is 2.00. The second-order valence-corrected chi connectivity index (χ2v) is 4.38. The molecule has 1 saturated carbocycles. The first-order valence-corrected chi connectivity index (χ1v) is 5.48. The molecule has 0 aliphatic heterocycles. The van der Waals surface area contributed by atoms with Gasteiger partial charge in [0, 0.05) is 24.0 Å². The summed E-state index contributed by atoms with van der Waals surface area (Å²) in [6.45, 7) is 0. The van der Waals surface area contributed by atoms with E-state index in [2.05, 4.69) is 11.2 Å². The lowest BCUT2D eigenvalue weighted by Gasteiger charge is -2.25. The summed E-state index contributed by atoms with van der Waals surface area (Å²) in [7, 11) is 2.02. The van der Waals surface area contributed by atoms with Crippen molar-refractivity contribution in [3.05, 3.63) is 23.9 Å². The standard InChI is InChI=1S/C12H15N3/c1-15-12(8-4-2-5-8)9-6-3-7-10(13)11(9)14-15/h3,6-8H,2,4-5,13H2,1H3. The van der Waals surface area contributed by atoms with Crippen LogP contribution in [0.5, 0.6) is 0 Å². The highest BCUT2D eigenvalue weighted by molar-refractivity contribution is 5.91. The maximum atomic E-state index is 5.92. The average Bonchev–Trinajstić information content (AvgIpc) is 2.44. The van der Waals surface area contributed by atoms with Crippen LogP contribution in [0.15, 0.2) is 18.2 Å². The van der Waals surface area contributed by atoms with E-state index in [4.69, 9.17) is 5.73 Å². The second kappa shape index (κ2) is 2.99. The van der Waals surface area contributed by atoms with Crippen molar-refractivity contribution in [2.75, 3.05) is 5.73 Å². The molecule has 3 nitrogen and oxygen atoms in total. The average molecular weight is 201 g/mol. The number of aryl methyl sites for hydroxylation is 1. The molecule has 2 aromatic rings. The summed E-state index contributed by atoms with van der Waals surface area (Å²) in [5, 5.41) is 5.75. The Morgan fingerprint density at radius 3 is 2.87 bits per heavy atom. The summed E-state index contributed by atoms with van der Waals surface area (Å²) in [6.07, 6.45) is 3.94. The topological polar surface area (TPSA) is 43.8 Å². The van der Waals surface area contributed by atoms with Gasteiger partial charge in [-0.1, -0.05) is 18.6 Å². The zero-order valence-electron chi connectivity index (χ0n) is 8.90. The van der Waals surface area contributed by atoms with Crippen molar-refractivity contribution in [2.45, 2.75) is 25.2 Å². The number of nitrogens with two attached hydrogens (primary N) is 1. The molecule has 0 atom stereocenters. The van der Waals surface area contributed by atoms with E-state index in [1.54, 1.807) is 0 Å². The quantitative estimate of drug-likeness (QED) is 0.720. The maximum absolute atomic E-state index is 5.92. The second-order valence-electron chi connectivity index (χ2n) is 4.38. The Bertz CT molecular complexity index is 509. The molecule has 1 heterocycles. The highest BCUT2D eigenvalue weighted by Crippen LogP contribution is 2.40. The molecule has 0 radical (unpaired) electrons. The van der Waals surface area contributed by atoms with Gasteiger partial charge in [-0.3, -0.25) is 4.68 Å². The van der Waals surface area contributed by atoms with Gasteiger partial charge in [0.1, 0.15) is 5.52 Å². The molecular weight excluding hydrogens is 186 g/mol. The molecular formula is C12H15N3. The lowest BCUT2D eigenvalue weighted by molar-refractivity contribution is 0.399. The van der Waals surface area contributed by atoms with Gasteiger partial charge in [-0.25, -0.2) is 0 Å². The van der Waals surface area contributed by atoms with Gasteiger partial charge >= 0.3 is 0 Å². The number of rotatable bonds is 1. The minimum Gasteiger partial charge on any atom is -0.397 e. The minimum absolute atomic E-state index is 0.696. The van der Waals surface area contributed by atoms with Gasteiger partial charge < -0.3 is 5.73 Å². The van der Waals surface area contributed by atoms with Gasteiger partial charge in [-0.2, -0.15) is 5.10 Å². The molecule has 3 heteroatoms. The van der Waals surface area contributed by atoms with E-state index in [-0.39, 0.29) is 0 Å². The minimum atomic E-state index is 0.696. The Morgan fingerprint density at radius 1 is 1.40 bits per heavy atom. The molecule has 0 amide bonds. The van der Waals surface area contributed by atoms with Gasteiger partial charge in [0.25, 0.3) is 0 Å². The molecule has 0 unspecified atom stereocenters. The van der Waals surface area contributed by atoms with Crippen molar-refractivity contribution in [2.24, 2.45) is 7.05 Å². The predicted octanol–water partition coefficient (Wildman–Crippen LogP) is 2.42. The fourth-order valence-electron chi connectivity index (χ4n) is 2.42. The van der Waals surface area contributed by atoms with Crippen LogP contribution in [0.25, 0.3) is 10.9 Å². The first-order valence-electron chi connectivity index (χ1n) is 5.48. The van der Waals surface area contributed by atoms with Gasteiger partial charge in [0.2, 0.25) is 0 Å². The van der Waals surface area contributed by atoms with Crippen molar-refractivity contribution in [1.29, 1.82) is 0 Å². The first kappa shape index (κ1) is 8.77. The van der Waals surface area contributed by atoms with Crippen molar-refractivity contribution >= 4 is 16.6 Å². The summed E-state index contributed by atoms with van der Waals surface area (Å²) >= 11 is 0. The van der Waals surface area contributed by atoms with Gasteiger partial charge in [-0.05, 0) is 18.9 Å². The SMILES string of the molecule is Cn1nc2c(N)cccc2c1C1CCC1. The Hall–Kier alpha value is -1.51. The van der Waals surface area contributed by atoms with Gasteiger partial charge in [0.15, 0.2) is 0 Å². The third-order valence-electron chi connectivity index (χ3n) is 3.43. The van der Waals surface area contributed by atoms with E-state index < -0.39 is 0 Å². The molecule has 0 spiro atoms. The molecule has 2 N–H and O–H groups in total. The van der Waals surface area contributed by atoms with Crippen LogP contribution in [0, 0.1) is 0 Å². The lowest BCUT2D eigenvalue weighted by atomic mass is 9.81. The highest BCUT2D eigenvalue weighted by atomic mass is 15.3. The van der Waals surface area contributed by atoms with Gasteiger partial charge in [0.05, 0.1) is 5.69 Å². The molecule has 0 bridgehead atoms. The largest absolute Gasteiger partial charge is 0.397 e. The zero-order valence-corrected chi connectivity index (χ0v) is 8.90. The van der Waals surface area contributed by atoms with Crippen LogP contribution >= 0.6 is 0 Å². The number of nitrogen functional groups attached to an aromatic ring is 1. The predicted molar refractivity (Wildman–Crippen MR) is 61.7 cm³/mol. The van der Waals surface area contributed by atoms with Crippen LogP contribution in [0.2, 0.25) is 0 Å². The maximum Gasteiger partial charge on any atom is 0.115 e. The van der Waals surface area contributed by atoms with Crippen molar-refractivity contribution in [1.82, 2.24) is 9.78 Å². The van der Waals surface area contributed by atoms with Crippen molar-refractivity contribution in [3.63, 3.8) is 0 Å². The number of hydrogen-bond donors (Lipinski definition) is 1. The van der Waals surface area contributed by atoms with E-state index >= 15 is 0 Å². The smallest absolute Gasteiger partial charge is 0.115 e. The van der Waals surface area contributed by atoms with Crippen LogP contribution in [0.4, 0.5) is 5.69 Å². The normalized spacial score (nSPS) is 16.9. The third-order valence-corrected chi connectivity index (χ3v) is 3.43. The van der Waals surface area contributed by atoms with E-state index in [1.807, 2.05) is 23.9 Å². The number of fused-ring (bicyclic) bond motifs is 1. The summed E-state index contributed by atoms with van der Waals surface area (Å²) in [4.78, 5) is 0. The monoisotopic (exact) mass is 201 g/mol. The number of benzene rings is 1. The van der Waals surface area contributed by atoms with Crippen LogP contribution in [-0.2, 0) is 7.05 Å². The molecule has 1 fully saturated rings. The highest BCUT2D eigenvalue weighted by Gasteiger charge is 2.25. The fourth-order valence-corrected chi connectivity index (χ4v) is 2.42. The van der Waals surface area contributed by atoms with Gasteiger partial charge in [-0.15, -0.1) is 0 Å². The lowest BCUT2D eigenvalue weighted by Crippen LogP contribution is -2.13. The number of nitrogens with zero attached hydrogens (tertiary/aromatic N) is 2. The zero-order chi connectivity index (χ0) is 10.4. The fraction of sp³-hybridized carbons (Fsp3) is 0.417. The summed E-state index contributed by atoms with van der Waals surface area (Å²) in [6, 6.07) is 6.06. The Labute approximate surface area is 88.9 Å². The number of hydrogen-bond acceptors (Lipinski definition) is 2. The molecule has 0 saturated heterocycles. The van der Waals surface area contributed by atoms with Crippen molar-refractivity contribution < 1.29 is 0 Å². The molecule has 1 aliphatic rings. The first-order chi connectivity index (χ1) is 7.27. The number of anilines is 1. The van der Waals surface area contributed by atoms with Crippen molar-refractivity contribution in [3.8, 4) is 0 Å². The molecule has 1 aromatic carbocycles. The Morgan fingerprint density at radius 2 is 2.20 bits per heavy atom. The van der Waals surface area contributed by atoms with Crippen LogP contribution in [-0.4, -0.2) is 9.78 Å². The van der Waals surface area contributed by atoms with Crippen LogP contribution < -0.4 is 5.73 Å². The Balaban J connectivity index is 2.27. The van der Waals surface area contributed by atoms with E-state index in [0.717, 1.165) is 11.2 Å². The summed E-state index contributed by atoms with van der Waals surface area (Å²) in [5.74, 6) is 0.696. The van der Waals surface area contributed by atoms with E-state index in [0.29, 0.717) is 5.92 Å².